The van der Waals surface area contributed by atoms with Crippen molar-refractivity contribution in [3.63, 3.8) is 0 Å². The van der Waals surface area contributed by atoms with Crippen LogP contribution in [-0.4, -0.2) is 17.3 Å². The third-order valence-corrected chi connectivity index (χ3v) is 2.71. The lowest BCUT2D eigenvalue weighted by atomic mass is 10.3. The first kappa shape index (κ1) is 12.4. The van der Waals surface area contributed by atoms with E-state index in [4.69, 9.17) is 4.42 Å². The number of nitrogens with zero attached hydrogens (tertiary/aromatic N) is 2. The van der Waals surface area contributed by atoms with Gasteiger partial charge in [0.1, 0.15) is 0 Å². The molecule has 2 aromatic heterocycles. The lowest BCUT2D eigenvalue weighted by molar-refractivity contribution is 0.0987. The van der Waals surface area contributed by atoms with Gasteiger partial charge in [0.2, 0.25) is 0 Å². The molecule has 4 nitrogen and oxygen atoms in total. The summed E-state index contributed by atoms with van der Waals surface area (Å²) in [6, 6.07) is 9.35. The maximum Gasteiger partial charge on any atom is 0.196 e. The fourth-order valence-corrected chi connectivity index (χ4v) is 1.72. The molecule has 0 saturated heterocycles. The van der Waals surface area contributed by atoms with Gasteiger partial charge in [-0.2, -0.15) is 0 Å². The number of anilines is 1. The molecule has 0 aliphatic carbocycles. The Morgan fingerprint density at radius 1 is 1.33 bits per heavy atom. The molecular weight excluding hydrogens is 228 g/mol. The minimum absolute atomic E-state index is 0.0601. The van der Waals surface area contributed by atoms with Crippen LogP contribution < -0.4 is 4.90 Å². The molecule has 0 unspecified atom stereocenters. The molecule has 2 rings (SSSR count). The summed E-state index contributed by atoms with van der Waals surface area (Å²) in [6.45, 7) is 5.00. The summed E-state index contributed by atoms with van der Waals surface area (Å²) in [5.74, 6) is 1.04. The van der Waals surface area contributed by atoms with Crippen LogP contribution in [0.1, 0.15) is 30.1 Å². The van der Waals surface area contributed by atoms with Gasteiger partial charge in [-0.1, -0.05) is 6.07 Å². The van der Waals surface area contributed by atoms with E-state index in [2.05, 4.69) is 4.98 Å². The van der Waals surface area contributed by atoms with Crippen molar-refractivity contribution in [2.75, 3.05) is 11.4 Å². The van der Waals surface area contributed by atoms with Gasteiger partial charge in [0.25, 0.3) is 0 Å². The van der Waals surface area contributed by atoms with Crippen LogP contribution in [0.25, 0.3) is 0 Å². The van der Waals surface area contributed by atoms with E-state index in [-0.39, 0.29) is 5.78 Å². The smallest absolute Gasteiger partial charge is 0.196 e. The van der Waals surface area contributed by atoms with Crippen LogP contribution in [0, 0.1) is 0 Å². The molecule has 0 fully saturated rings. The summed E-state index contributed by atoms with van der Waals surface area (Å²) < 4.78 is 5.52. The predicted octanol–water partition coefficient (Wildman–Crippen LogP) is 2.90. The van der Waals surface area contributed by atoms with Crippen molar-refractivity contribution < 1.29 is 9.21 Å². The number of hydrogen-bond donors (Lipinski definition) is 0. The summed E-state index contributed by atoms with van der Waals surface area (Å²) in [7, 11) is 0. The Bertz CT molecular complexity index is 520. The largest absolute Gasteiger partial charge is 0.437 e. The van der Waals surface area contributed by atoms with Crippen molar-refractivity contribution in [3.8, 4) is 0 Å². The topological polar surface area (TPSA) is 46.3 Å². The van der Waals surface area contributed by atoms with E-state index in [1.54, 1.807) is 12.3 Å². The zero-order chi connectivity index (χ0) is 13.0. The molecule has 0 N–H and O–H groups in total. The molecule has 0 saturated carbocycles. The number of furan rings is 1. The van der Waals surface area contributed by atoms with E-state index < -0.39 is 0 Å². The fourth-order valence-electron chi connectivity index (χ4n) is 1.72. The zero-order valence-electron chi connectivity index (χ0n) is 10.6. The Balaban J connectivity index is 2.15. The van der Waals surface area contributed by atoms with Gasteiger partial charge in [0.15, 0.2) is 17.4 Å². The number of hydrogen-bond acceptors (Lipinski definition) is 4. The van der Waals surface area contributed by atoms with Crippen molar-refractivity contribution in [2.24, 2.45) is 0 Å². The highest BCUT2D eigenvalue weighted by atomic mass is 16.4. The van der Waals surface area contributed by atoms with Crippen molar-refractivity contribution in [3.05, 3.63) is 48.0 Å². The van der Waals surface area contributed by atoms with Crippen molar-refractivity contribution in [1.82, 2.24) is 4.98 Å². The molecular formula is C14H16N2O2. The summed E-state index contributed by atoms with van der Waals surface area (Å²) in [5, 5.41) is 0. The average Bonchev–Trinajstić information content (AvgIpc) is 2.87. The average molecular weight is 244 g/mol. The quantitative estimate of drug-likeness (QED) is 0.759. The minimum atomic E-state index is -0.0601. The fraction of sp³-hybridized carbons (Fsp3) is 0.286. The number of carbonyl (C=O) groups excluding carboxylic acids is 1. The van der Waals surface area contributed by atoms with Crippen LogP contribution in [0.15, 0.2) is 40.9 Å². The highest BCUT2D eigenvalue weighted by Crippen LogP contribution is 2.20. The maximum atomic E-state index is 11.2. The first-order valence-corrected chi connectivity index (χ1v) is 5.96. The number of carbonyl (C=O) groups is 1. The Morgan fingerprint density at radius 2 is 2.17 bits per heavy atom. The molecule has 0 spiro atoms. The van der Waals surface area contributed by atoms with Gasteiger partial charge < -0.3 is 9.32 Å². The van der Waals surface area contributed by atoms with Gasteiger partial charge >= 0.3 is 0 Å². The highest BCUT2D eigenvalue weighted by Gasteiger charge is 2.12. The number of ketones is 1. The first-order valence-electron chi connectivity index (χ1n) is 5.96. The van der Waals surface area contributed by atoms with Gasteiger partial charge in [0, 0.05) is 25.7 Å². The van der Waals surface area contributed by atoms with Crippen molar-refractivity contribution in [2.45, 2.75) is 20.4 Å². The van der Waals surface area contributed by atoms with Gasteiger partial charge in [-0.3, -0.25) is 9.78 Å². The second-order valence-electron chi connectivity index (χ2n) is 4.03. The van der Waals surface area contributed by atoms with E-state index in [0.717, 1.165) is 12.2 Å². The lowest BCUT2D eigenvalue weighted by Crippen LogP contribution is -2.21. The van der Waals surface area contributed by atoms with Crippen molar-refractivity contribution in [1.29, 1.82) is 0 Å². The van der Waals surface area contributed by atoms with Gasteiger partial charge in [-0.25, -0.2) is 0 Å². The number of rotatable bonds is 5. The molecule has 18 heavy (non-hydrogen) atoms. The zero-order valence-corrected chi connectivity index (χ0v) is 10.6. The summed E-state index contributed by atoms with van der Waals surface area (Å²) in [6.07, 6.45) is 1.77. The lowest BCUT2D eigenvalue weighted by Gasteiger charge is -2.19. The predicted molar refractivity (Wildman–Crippen MR) is 69.7 cm³/mol. The van der Waals surface area contributed by atoms with Crippen LogP contribution in [0.3, 0.4) is 0 Å². The molecule has 0 atom stereocenters. The second kappa shape index (κ2) is 5.49. The summed E-state index contributed by atoms with van der Waals surface area (Å²) >= 11 is 0. The van der Waals surface area contributed by atoms with Gasteiger partial charge in [-0.15, -0.1) is 0 Å². The molecule has 0 amide bonds. The molecule has 0 bridgehead atoms. The summed E-state index contributed by atoms with van der Waals surface area (Å²) in [5.41, 5.74) is 0.972. The molecule has 0 aromatic carbocycles. The Kier molecular flexibility index (Phi) is 3.77. The number of Topliss-reactive ketones (excluding diaryl/α,β-unsaturated/α-hetero) is 1. The Morgan fingerprint density at radius 3 is 2.72 bits per heavy atom. The van der Waals surface area contributed by atoms with Gasteiger partial charge in [-0.05, 0) is 25.1 Å². The van der Waals surface area contributed by atoms with E-state index >= 15 is 0 Å². The Hall–Kier alpha value is -2.10. The number of pyridine rings is 1. The van der Waals surface area contributed by atoms with Gasteiger partial charge in [0.05, 0.1) is 12.2 Å². The maximum absolute atomic E-state index is 11.2. The standard InChI is InChI=1S/C14H16N2O2/c1-3-16(10-12-6-4-5-9-15-12)14-8-7-13(18-14)11(2)17/h4-9H,3,10H2,1-2H3. The molecule has 0 radical (unpaired) electrons. The molecule has 0 aliphatic heterocycles. The molecule has 2 aromatic rings. The van der Waals surface area contributed by atoms with Crippen LogP contribution >= 0.6 is 0 Å². The van der Waals surface area contributed by atoms with Crippen LogP contribution in [0.2, 0.25) is 0 Å². The molecule has 2 heterocycles. The van der Waals surface area contributed by atoms with Crippen LogP contribution in [0.5, 0.6) is 0 Å². The number of aromatic nitrogens is 1. The van der Waals surface area contributed by atoms with E-state index in [0.29, 0.717) is 18.2 Å². The van der Waals surface area contributed by atoms with Crippen LogP contribution in [0.4, 0.5) is 5.88 Å². The summed E-state index contributed by atoms with van der Waals surface area (Å²) in [4.78, 5) is 17.5. The van der Waals surface area contributed by atoms with E-state index in [9.17, 15) is 4.79 Å². The SMILES string of the molecule is CCN(Cc1ccccn1)c1ccc(C(C)=O)o1. The third kappa shape index (κ3) is 2.77. The van der Waals surface area contributed by atoms with E-state index in [1.165, 1.54) is 6.92 Å². The van der Waals surface area contributed by atoms with E-state index in [1.807, 2.05) is 36.1 Å². The third-order valence-electron chi connectivity index (χ3n) is 2.71. The Labute approximate surface area is 106 Å². The molecule has 4 heteroatoms. The normalized spacial score (nSPS) is 10.3. The molecule has 0 aliphatic rings. The highest BCUT2D eigenvalue weighted by molar-refractivity contribution is 5.91. The van der Waals surface area contributed by atoms with Crippen molar-refractivity contribution >= 4 is 11.7 Å². The van der Waals surface area contributed by atoms with Crippen LogP contribution in [-0.2, 0) is 6.54 Å². The molecule has 94 valence electrons. The first-order chi connectivity index (χ1) is 8.70. The second-order valence-corrected chi connectivity index (χ2v) is 4.03. The monoisotopic (exact) mass is 244 g/mol. The minimum Gasteiger partial charge on any atom is -0.437 e.